The second-order valence-electron chi connectivity index (χ2n) is 4.18. The molecule has 2 N–H and O–H groups in total. The summed E-state index contributed by atoms with van der Waals surface area (Å²) in [5.41, 5.74) is 6.00. The van der Waals surface area contributed by atoms with Gasteiger partial charge in [0.15, 0.2) is 0 Å². The summed E-state index contributed by atoms with van der Waals surface area (Å²) in [6, 6.07) is 6.37. The number of rotatable bonds is 3. The van der Waals surface area contributed by atoms with Gasteiger partial charge >= 0.3 is 0 Å². The molecule has 100 valence electrons. The van der Waals surface area contributed by atoms with Crippen molar-refractivity contribution in [2.75, 3.05) is 0 Å². The smallest absolute Gasteiger partial charge is 0.128 e. The maximum absolute atomic E-state index is 13.6. The number of hydrogen-bond acceptors (Lipinski definition) is 1. The summed E-state index contributed by atoms with van der Waals surface area (Å²) in [5, 5.41) is 0.215. The normalized spacial score (nSPS) is 12.5. The van der Waals surface area contributed by atoms with E-state index in [2.05, 4.69) is 0 Å². The van der Waals surface area contributed by atoms with Crippen molar-refractivity contribution in [2.45, 2.75) is 12.5 Å². The van der Waals surface area contributed by atoms with Gasteiger partial charge in [0.05, 0.1) is 0 Å². The minimum atomic E-state index is -0.870. The van der Waals surface area contributed by atoms with Crippen molar-refractivity contribution in [1.82, 2.24) is 0 Å². The van der Waals surface area contributed by atoms with Crippen LogP contribution in [0.15, 0.2) is 36.4 Å². The zero-order chi connectivity index (χ0) is 14.0. The van der Waals surface area contributed by atoms with E-state index in [1.54, 1.807) is 0 Å². The van der Waals surface area contributed by atoms with Crippen LogP contribution < -0.4 is 5.73 Å². The van der Waals surface area contributed by atoms with E-state index in [-0.39, 0.29) is 22.6 Å². The van der Waals surface area contributed by atoms with Crippen LogP contribution in [0.25, 0.3) is 0 Å². The van der Waals surface area contributed by atoms with Crippen molar-refractivity contribution in [2.24, 2.45) is 5.73 Å². The van der Waals surface area contributed by atoms with Crippen molar-refractivity contribution < 1.29 is 13.2 Å². The van der Waals surface area contributed by atoms with Crippen LogP contribution in [0.2, 0.25) is 5.02 Å². The van der Waals surface area contributed by atoms with Crippen molar-refractivity contribution >= 4 is 11.6 Å². The molecule has 0 fully saturated rings. The second-order valence-corrected chi connectivity index (χ2v) is 4.58. The molecule has 0 saturated heterocycles. The Morgan fingerprint density at radius 3 is 2.47 bits per heavy atom. The Bertz CT molecular complexity index is 581. The van der Waals surface area contributed by atoms with Gasteiger partial charge in [-0.15, -0.1) is 0 Å². The first-order valence-corrected chi connectivity index (χ1v) is 6.00. The molecule has 0 spiro atoms. The highest BCUT2D eigenvalue weighted by Gasteiger charge is 2.17. The van der Waals surface area contributed by atoms with E-state index in [0.29, 0.717) is 0 Å². The summed E-state index contributed by atoms with van der Waals surface area (Å²) in [6.45, 7) is 0. The van der Waals surface area contributed by atoms with Gasteiger partial charge in [-0.25, -0.2) is 13.2 Å². The predicted molar refractivity (Wildman–Crippen MR) is 68.4 cm³/mol. The van der Waals surface area contributed by atoms with E-state index < -0.39 is 23.5 Å². The molecule has 0 radical (unpaired) electrons. The van der Waals surface area contributed by atoms with Crippen LogP contribution in [0, 0.1) is 17.5 Å². The summed E-state index contributed by atoms with van der Waals surface area (Å²) in [6.07, 6.45) is -0.00806. The standard InChI is InChI=1S/C14H11ClF3N/c15-11-2-1-3-12(17)9(11)7-14(19)10-6-8(16)4-5-13(10)18/h1-6,14H,7,19H2. The molecule has 0 saturated carbocycles. The van der Waals surface area contributed by atoms with E-state index in [0.717, 1.165) is 18.2 Å². The van der Waals surface area contributed by atoms with Gasteiger partial charge < -0.3 is 5.73 Å². The van der Waals surface area contributed by atoms with E-state index >= 15 is 0 Å². The largest absolute Gasteiger partial charge is 0.324 e. The van der Waals surface area contributed by atoms with Crippen LogP contribution in [-0.2, 0) is 6.42 Å². The summed E-state index contributed by atoms with van der Waals surface area (Å²) in [5.74, 6) is -1.73. The van der Waals surface area contributed by atoms with E-state index in [1.165, 1.54) is 18.2 Å². The van der Waals surface area contributed by atoms with Gasteiger partial charge in [0.25, 0.3) is 0 Å². The highest BCUT2D eigenvalue weighted by atomic mass is 35.5. The quantitative estimate of drug-likeness (QED) is 0.906. The van der Waals surface area contributed by atoms with Crippen LogP contribution in [-0.4, -0.2) is 0 Å². The lowest BCUT2D eigenvalue weighted by atomic mass is 9.98. The molecule has 19 heavy (non-hydrogen) atoms. The molecule has 2 aromatic rings. The van der Waals surface area contributed by atoms with E-state index in [9.17, 15) is 13.2 Å². The summed E-state index contributed by atoms with van der Waals surface area (Å²) in [7, 11) is 0. The molecule has 1 atom stereocenters. The third-order valence-corrected chi connectivity index (χ3v) is 3.20. The van der Waals surface area contributed by atoms with Gasteiger partial charge in [-0.1, -0.05) is 17.7 Å². The summed E-state index contributed by atoms with van der Waals surface area (Å²) in [4.78, 5) is 0. The number of benzene rings is 2. The van der Waals surface area contributed by atoms with Crippen LogP contribution in [0.3, 0.4) is 0 Å². The highest BCUT2D eigenvalue weighted by molar-refractivity contribution is 6.31. The first kappa shape index (κ1) is 13.9. The van der Waals surface area contributed by atoms with Gasteiger partial charge in [-0.2, -0.15) is 0 Å². The van der Waals surface area contributed by atoms with Gasteiger partial charge in [-0.05, 0) is 36.8 Å². The van der Waals surface area contributed by atoms with Crippen molar-refractivity contribution in [3.8, 4) is 0 Å². The van der Waals surface area contributed by atoms with Crippen LogP contribution >= 0.6 is 11.6 Å². The van der Waals surface area contributed by atoms with Gasteiger partial charge in [0, 0.05) is 22.2 Å². The lowest BCUT2D eigenvalue weighted by molar-refractivity contribution is 0.551. The molecule has 1 nitrogen and oxygen atoms in total. The van der Waals surface area contributed by atoms with Crippen LogP contribution in [0.4, 0.5) is 13.2 Å². The zero-order valence-corrected chi connectivity index (χ0v) is 10.6. The monoisotopic (exact) mass is 285 g/mol. The maximum atomic E-state index is 13.6. The molecule has 0 heterocycles. The Kier molecular flexibility index (Phi) is 4.12. The molecular weight excluding hydrogens is 275 g/mol. The number of hydrogen-bond donors (Lipinski definition) is 1. The number of halogens is 4. The van der Waals surface area contributed by atoms with Crippen LogP contribution in [0.1, 0.15) is 17.2 Å². The van der Waals surface area contributed by atoms with Gasteiger partial charge in [0.1, 0.15) is 17.5 Å². The molecule has 0 aromatic heterocycles. The third-order valence-electron chi connectivity index (χ3n) is 2.84. The highest BCUT2D eigenvalue weighted by Crippen LogP contribution is 2.26. The molecule has 2 aromatic carbocycles. The molecule has 0 aliphatic carbocycles. The van der Waals surface area contributed by atoms with Crippen molar-refractivity contribution in [3.05, 3.63) is 70.0 Å². The molecule has 0 aliphatic heterocycles. The van der Waals surface area contributed by atoms with Crippen molar-refractivity contribution in [1.29, 1.82) is 0 Å². The van der Waals surface area contributed by atoms with Crippen molar-refractivity contribution in [3.63, 3.8) is 0 Å². The fourth-order valence-corrected chi connectivity index (χ4v) is 2.10. The molecule has 0 amide bonds. The Hall–Kier alpha value is -1.52. The lowest BCUT2D eigenvalue weighted by Gasteiger charge is -2.14. The minimum absolute atomic E-state index is 0.000630. The van der Waals surface area contributed by atoms with E-state index in [4.69, 9.17) is 17.3 Å². The Morgan fingerprint density at radius 2 is 1.79 bits per heavy atom. The first-order chi connectivity index (χ1) is 8.99. The second kappa shape index (κ2) is 5.63. The average Bonchev–Trinajstić information content (AvgIpc) is 2.37. The first-order valence-electron chi connectivity index (χ1n) is 5.62. The minimum Gasteiger partial charge on any atom is -0.324 e. The predicted octanol–water partition coefficient (Wildman–Crippen LogP) is 4.00. The topological polar surface area (TPSA) is 26.0 Å². The SMILES string of the molecule is NC(Cc1c(F)cccc1Cl)c1cc(F)ccc1F. The van der Waals surface area contributed by atoms with Crippen LogP contribution in [0.5, 0.6) is 0 Å². The molecule has 2 rings (SSSR count). The van der Waals surface area contributed by atoms with Gasteiger partial charge in [0.2, 0.25) is 0 Å². The van der Waals surface area contributed by atoms with Gasteiger partial charge in [-0.3, -0.25) is 0 Å². The average molecular weight is 286 g/mol. The Morgan fingerprint density at radius 1 is 1.05 bits per heavy atom. The summed E-state index contributed by atoms with van der Waals surface area (Å²) >= 11 is 5.87. The maximum Gasteiger partial charge on any atom is 0.128 e. The fourth-order valence-electron chi connectivity index (χ4n) is 1.86. The Labute approximate surface area is 113 Å². The zero-order valence-electron chi connectivity index (χ0n) is 9.84. The number of nitrogens with two attached hydrogens (primary N) is 1. The summed E-state index contributed by atoms with van der Waals surface area (Å²) < 4.78 is 40.2. The fraction of sp³-hybridized carbons (Fsp3) is 0.143. The molecule has 5 heteroatoms. The molecule has 1 unspecified atom stereocenters. The Balaban J connectivity index is 2.31. The molecule has 0 aliphatic rings. The lowest BCUT2D eigenvalue weighted by Crippen LogP contribution is -2.16. The molecule has 0 bridgehead atoms. The van der Waals surface area contributed by atoms with E-state index in [1.807, 2.05) is 0 Å². The molecular formula is C14H11ClF3N. The third kappa shape index (κ3) is 3.08.